The van der Waals surface area contributed by atoms with Crippen LogP contribution in [0.25, 0.3) is 0 Å². The zero-order valence-electron chi connectivity index (χ0n) is 8.28. The molecule has 3 nitrogen and oxygen atoms in total. The van der Waals surface area contributed by atoms with E-state index < -0.39 is 0 Å². The summed E-state index contributed by atoms with van der Waals surface area (Å²) in [7, 11) is 0. The molecular formula is C11H17NO2. The molecule has 1 saturated heterocycles. The molecule has 1 aliphatic rings. The van der Waals surface area contributed by atoms with E-state index in [1.54, 1.807) is 6.26 Å². The Hall–Kier alpha value is -0.800. The molecule has 3 heteroatoms. The molecule has 0 aliphatic carbocycles. The number of hydrogen-bond acceptors (Lipinski definition) is 3. The molecule has 0 aromatic carbocycles. The third kappa shape index (κ3) is 2.36. The van der Waals surface area contributed by atoms with Gasteiger partial charge in [-0.25, -0.2) is 0 Å². The van der Waals surface area contributed by atoms with Crippen molar-refractivity contribution in [2.45, 2.75) is 25.4 Å². The average Bonchev–Trinajstić information content (AvgIpc) is 2.60. The van der Waals surface area contributed by atoms with Crippen molar-refractivity contribution in [3.63, 3.8) is 0 Å². The lowest BCUT2D eigenvalue weighted by molar-refractivity contribution is 0.101. The van der Waals surface area contributed by atoms with Crippen molar-refractivity contribution in [3.05, 3.63) is 24.2 Å². The SMILES string of the molecule is OC1CCNCCC1Cc1ccco1. The van der Waals surface area contributed by atoms with Crippen LogP contribution in [0.15, 0.2) is 22.8 Å². The van der Waals surface area contributed by atoms with Crippen molar-refractivity contribution in [3.8, 4) is 0 Å². The van der Waals surface area contributed by atoms with Gasteiger partial charge in [0.05, 0.1) is 12.4 Å². The van der Waals surface area contributed by atoms with Crippen molar-refractivity contribution >= 4 is 0 Å². The molecule has 2 heterocycles. The van der Waals surface area contributed by atoms with Gasteiger partial charge in [-0.3, -0.25) is 0 Å². The Balaban J connectivity index is 1.94. The van der Waals surface area contributed by atoms with Crippen LogP contribution in [-0.4, -0.2) is 24.3 Å². The minimum Gasteiger partial charge on any atom is -0.469 e. The van der Waals surface area contributed by atoms with Crippen LogP contribution in [0.2, 0.25) is 0 Å². The number of aliphatic hydroxyl groups is 1. The zero-order valence-corrected chi connectivity index (χ0v) is 8.28. The van der Waals surface area contributed by atoms with Gasteiger partial charge in [0.25, 0.3) is 0 Å². The highest BCUT2D eigenvalue weighted by Gasteiger charge is 2.22. The summed E-state index contributed by atoms with van der Waals surface area (Å²) < 4.78 is 5.29. The summed E-state index contributed by atoms with van der Waals surface area (Å²) in [5.41, 5.74) is 0. The van der Waals surface area contributed by atoms with Crippen LogP contribution in [0.1, 0.15) is 18.6 Å². The highest BCUT2D eigenvalue weighted by Crippen LogP contribution is 2.19. The lowest BCUT2D eigenvalue weighted by Crippen LogP contribution is -2.21. The topological polar surface area (TPSA) is 45.4 Å². The lowest BCUT2D eigenvalue weighted by atomic mass is 9.93. The molecule has 2 unspecified atom stereocenters. The number of furan rings is 1. The van der Waals surface area contributed by atoms with Gasteiger partial charge < -0.3 is 14.8 Å². The van der Waals surface area contributed by atoms with E-state index in [0.717, 1.165) is 38.1 Å². The molecule has 0 amide bonds. The van der Waals surface area contributed by atoms with Gasteiger partial charge in [-0.15, -0.1) is 0 Å². The van der Waals surface area contributed by atoms with Gasteiger partial charge >= 0.3 is 0 Å². The normalized spacial score (nSPS) is 28.6. The summed E-state index contributed by atoms with van der Waals surface area (Å²) in [4.78, 5) is 0. The summed E-state index contributed by atoms with van der Waals surface area (Å²) >= 11 is 0. The fourth-order valence-corrected chi connectivity index (χ4v) is 2.02. The third-order valence-electron chi connectivity index (χ3n) is 2.90. The van der Waals surface area contributed by atoms with Crippen molar-refractivity contribution in [2.75, 3.05) is 13.1 Å². The summed E-state index contributed by atoms with van der Waals surface area (Å²) in [6, 6.07) is 3.88. The Labute approximate surface area is 84.1 Å². The summed E-state index contributed by atoms with van der Waals surface area (Å²) in [6.07, 6.45) is 4.25. The van der Waals surface area contributed by atoms with Crippen molar-refractivity contribution in [1.29, 1.82) is 0 Å². The lowest BCUT2D eigenvalue weighted by Gasteiger charge is -2.18. The van der Waals surface area contributed by atoms with Crippen LogP contribution in [0, 0.1) is 5.92 Å². The Morgan fingerprint density at radius 1 is 1.43 bits per heavy atom. The summed E-state index contributed by atoms with van der Waals surface area (Å²) in [6.45, 7) is 1.93. The van der Waals surface area contributed by atoms with Gasteiger partial charge in [0.2, 0.25) is 0 Å². The molecule has 1 aromatic heterocycles. The minimum atomic E-state index is -0.185. The number of aliphatic hydroxyl groups excluding tert-OH is 1. The molecule has 78 valence electrons. The maximum Gasteiger partial charge on any atom is 0.104 e. The van der Waals surface area contributed by atoms with E-state index in [0.29, 0.717) is 5.92 Å². The maximum atomic E-state index is 9.87. The fourth-order valence-electron chi connectivity index (χ4n) is 2.02. The largest absolute Gasteiger partial charge is 0.469 e. The monoisotopic (exact) mass is 195 g/mol. The molecule has 14 heavy (non-hydrogen) atoms. The summed E-state index contributed by atoms with van der Waals surface area (Å²) in [5.74, 6) is 1.33. The minimum absolute atomic E-state index is 0.185. The van der Waals surface area contributed by atoms with Gasteiger partial charge in [-0.1, -0.05) is 0 Å². The number of nitrogens with one attached hydrogen (secondary N) is 1. The maximum absolute atomic E-state index is 9.87. The Morgan fingerprint density at radius 3 is 3.07 bits per heavy atom. The predicted molar refractivity (Wildman–Crippen MR) is 54.0 cm³/mol. The Kier molecular flexibility index (Phi) is 3.22. The first-order valence-corrected chi connectivity index (χ1v) is 5.27. The van der Waals surface area contributed by atoms with Crippen LogP contribution in [0.5, 0.6) is 0 Å². The highest BCUT2D eigenvalue weighted by atomic mass is 16.3. The van der Waals surface area contributed by atoms with Crippen molar-refractivity contribution < 1.29 is 9.52 Å². The van der Waals surface area contributed by atoms with Crippen LogP contribution in [0.4, 0.5) is 0 Å². The molecule has 0 spiro atoms. The van der Waals surface area contributed by atoms with E-state index in [9.17, 15) is 5.11 Å². The van der Waals surface area contributed by atoms with Crippen LogP contribution in [0.3, 0.4) is 0 Å². The van der Waals surface area contributed by atoms with Gasteiger partial charge in [0.1, 0.15) is 5.76 Å². The van der Waals surface area contributed by atoms with E-state index >= 15 is 0 Å². The molecule has 1 fully saturated rings. The Morgan fingerprint density at radius 2 is 2.29 bits per heavy atom. The van der Waals surface area contributed by atoms with Crippen LogP contribution < -0.4 is 5.32 Å². The molecule has 2 atom stereocenters. The molecule has 0 saturated carbocycles. The molecule has 1 aliphatic heterocycles. The first-order chi connectivity index (χ1) is 6.86. The van der Waals surface area contributed by atoms with E-state index in [-0.39, 0.29) is 6.10 Å². The van der Waals surface area contributed by atoms with Crippen LogP contribution >= 0.6 is 0 Å². The number of hydrogen-bond donors (Lipinski definition) is 2. The fraction of sp³-hybridized carbons (Fsp3) is 0.636. The second-order valence-electron chi connectivity index (χ2n) is 3.94. The highest BCUT2D eigenvalue weighted by molar-refractivity contribution is 5.00. The molecule has 1 aromatic rings. The van der Waals surface area contributed by atoms with E-state index in [2.05, 4.69) is 5.32 Å². The smallest absolute Gasteiger partial charge is 0.104 e. The van der Waals surface area contributed by atoms with Gasteiger partial charge in [-0.2, -0.15) is 0 Å². The van der Waals surface area contributed by atoms with E-state index in [4.69, 9.17) is 4.42 Å². The second kappa shape index (κ2) is 4.62. The third-order valence-corrected chi connectivity index (χ3v) is 2.90. The van der Waals surface area contributed by atoms with E-state index in [1.807, 2.05) is 12.1 Å². The van der Waals surface area contributed by atoms with Crippen molar-refractivity contribution in [1.82, 2.24) is 5.32 Å². The molecule has 2 N–H and O–H groups in total. The Bertz CT molecular complexity index is 258. The van der Waals surface area contributed by atoms with Gasteiger partial charge in [0.15, 0.2) is 0 Å². The quantitative estimate of drug-likeness (QED) is 0.745. The number of rotatable bonds is 2. The van der Waals surface area contributed by atoms with Gasteiger partial charge in [0, 0.05) is 6.42 Å². The first-order valence-electron chi connectivity index (χ1n) is 5.27. The second-order valence-corrected chi connectivity index (χ2v) is 3.94. The molecular weight excluding hydrogens is 178 g/mol. The predicted octanol–water partition coefficient (Wildman–Crippen LogP) is 1.18. The molecule has 2 rings (SSSR count). The van der Waals surface area contributed by atoms with Crippen molar-refractivity contribution in [2.24, 2.45) is 5.92 Å². The molecule has 0 radical (unpaired) electrons. The average molecular weight is 195 g/mol. The van der Waals surface area contributed by atoms with Crippen LogP contribution in [-0.2, 0) is 6.42 Å². The standard InChI is InChI=1S/C11H17NO2/c13-11-4-6-12-5-3-9(11)8-10-2-1-7-14-10/h1-2,7,9,11-13H,3-6,8H2. The molecule has 0 bridgehead atoms. The van der Waals surface area contributed by atoms with E-state index in [1.165, 1.54) is 0 Å². The first kappa shape index (κ1) is 9.74. The zero-order chi connectivity index (χ0) is 9.80. The summed E-state index contributed by atoms with van der Waals surface area (Å²) in [5, 5.41) is 13.2. The van der Waals surface area contributed by atoms with Gasteiger partial charge in [-0.05, 0) is 44.0 Å².